The van der Waals surface area contributed by atoms with Crippen LogP contribution in [0.4, 0.5) is 24.5 Å². The van der Waals surface area contributed by atoms with E-state index < -0.39 is 24.0 Å². The second-order valence-electron chi connectivity index (χ2n) is 9.58. The fraction of sp³-hybridized carbons (Fsp3) is 0.440. The van der Waals surface area contributed by atoms with Gasteiger partial charge in [0, 0.05) is 45.4 Å². The molecule has 0 N–H and O–H groups in total. The van der Waals surface area contributed by atoms with E-state index in [0.717, 1.165) is 29.1 Å². The van der Waals surface area contributed by atoms with Gasteiger partial charge in [0.1, 0.15) is 0 Å². The van der Waals surface area contributed by atoms with Gasteiger partial charge in [-0.3, -0.25) is 9.59 Å². The Morgan fingerprint density at radius 3 is 2.62 bits per heavy atom. The second kappa shape index (κ2) is 9.51. The smallest absolute Gasteiger partial charge is 0.345 e. The lowest BCUT2D eigenvalue weighted by Crippen LogP contribution is -2.47. The van der Waals surface area contributed by atoms with Crippen LogP contribution in [0.3, 0.4) is 0 Å². The molecule has 12 heteroatoms. The van der Waals surface area contributed by atoms with Crippen LogP contribution in [-0.4, -0.2) is 69.6 Å². The molecule has 0 unspecified atom stereocenters. The molecule has 5 rings (SSSR count). The van der Waals surface area contributed by atoms with Gasteiger partial charge < -0.3 is 14.7 Å². The number of alkyl halides is 3. The van der Waals surface area contributed by atoms with Crippen molar-refractivity contribution in [3.8, 4) is 0 Å². The molecule has 2 aromatic heterocycles. The number of aryl methyl sites for hydroxylation is 1. The van der Waals surface area contributed by atoms with E-state index in [1.54, 1.807) is 36.0 Å². The molecule has 0 spiro atoms. The first-order chi connectivity index (χ1) is 17.5. The van der Waals surface area contributed by atoms with Crippen LogP contribution >= 0.6 is 11.6 Å². The van der Waals surface area contributed by atoms with Crippen molar-refractivity contribution < 1.29 is 22.8 Å². The molecule has 0 bridgehead atoms. The Hall–Kier alpha value is -3.34. The monoisotopic (exact) mass is 534 g/mol. The van der Waals surface area contributed by atoms with Crippen LogP contribution < -0.4 is 4.90 Å². The fourth-order valence-corrected chi connectivity index (χ4v) is 5.47. The molecule has 196 valence electrons. The summed E-state index contributed by atoms with van der Waals surface area (Å²) in [4.78, 5) is 33.4. The number of halogens is 4. The van der Waals surface area contributed by atoms with Gasteiger partial charge in [0.25, 0.3) is 0 Å². The minimum absolute atomic E-state index is 0.0305. The Kier molecular flexibility index (Phi) is 6.51. The molecular weight excluding hydrogens is 509 g/mol. The third-order valence-electron chi connectivity index (χ3n) is 7.16. The Morgan fingerprint density at radius 2 is 1.95 bits per heavy atom. The number of fused-ring (bicyclic) bond motifs is 3. The molecule has 0 saturated carbocycles. The van der Waals surface area contributed by atoms with Crippen molar-refractivity contribution >= 4 is 40.4 Å². The lowest BCUT2D eigenvalue weighted by molar-refractivity contribution is -0.191. The van der Waals surface area contributed by atoms with E-state index in [-0.39, 0.29) is 30.9 Å². The molecule has 8 nitrogen and oxygen atoms in total. The van der Waals surface area contributed by atoms with Gasteiger partial charge >= 0.3 is 6.18 Å². The van der Waals surface area contributed by atoms with E-state index in [1.807, 2.05) is 4.90 Å². The maximum atomic E-state index is 14.2. The molecule has 0 radical (unpaired) electrons. The van der Waals surface area contributed by atoms with E-state index in [0.29, 0.717) is 23.0 Å². The number of hydrogen-bond donors (Lipinski definition) is 0. The summed E-state index contributed by atoms with van der Waals surface area (Å²) in [6.45, 7) is 0.784. The van der Waals surface area contributed by atoms with E-state index in [2.05, 4.69) is 10.1 Å². The molecule has 37 heavy (non-hydrogen) atoms. The summed E-state index contributed by atoms with van der Waals surface area (Å²) in [6, 6.07) is 5.67. The average molecular weight is 535 g/mol. The van der Waals surface area contributed by atoms with Crippen LogP contribution in [0.15, 0.2) is 36.5 Å². The molecule has 3 aromatic rings. The van der Waals surface area contributed by atoms with Crippen molar-refractivity contribution in [1.82, 2.24) is 24.4 Å². The minimum atomic E-state index is -4.67. The van der Waals surface area contributed by atoms with Crippen molar-refractivity contribution in [3.05, 3.63) is 52.9 Å². The highest BCUT2D eigenvalue weighted by atomic mass is 35.5. The molecule has 1 aromatic carbocycles. The van der Waals surface area contributed by atoms with E-state index in [1.165, 1.54) is 24.1 Å². The average Bonchev–Trinajstić information content (AvgIpc) is 3.25. The molecule has 1 saturated heterocycles. The summed E-state index contributed by atoms with van der Waals surface area (Å²) in [7, 11) is 2.74. The van der Waals surface area contributed by atoms with Crippen LogP contribution in [0.25, 0.3) is 5.65 Å². The highest BCUT2D eigenvalue weighted by Gasteiger charge is 2.46. The highest BCUT2D eigenvalue weighted by Crippen LogP contribution is 2.40. The largest absolute Gasteiger partial charge is 0.413 e. The van der Waals surface area contributed by atoms with Gasteiger partial charge in [-0.15, -0.1) is 0 Å². The summed E-state index contributed by atoms with van der Waals surface area (Å²) < 4.78 is 44.4. The molecule has 2 aliphatic rings. The predicted molar refractivity (Wildman–Crippen MR) is 132 cm³/mol. The van der Waals surface area contributed by atoms with Crippen LogP contribution in [-0.2, 0) is 16.0 Å². The van der Waals surface area contributed by atoms with Crippen molar-refractivity contribution in [2.24, 2.45) is 5.92 Å². The van der Waals surface area contributed by atoms with Crippen LogP contribution in [0.5, 0.6) is 0 Å². The predicted octanol–water partition coefficient (Wildman–Crippen LogP) is 4.40. The zero-order valence-corrected chi connectivity index (χ0v) is 21.1. The number of anilines is 2. The lowest BCUT2D eigenvalue weighted by Gasteiger charge is -2.36. The fourth-order valence-electron chi connectivity index (χ4n) is 5.29. The quantitative estimate of drug-likeness (QED) is 0.496. The highest BCUT2D eigenvalue weighted by molar-refractivity contribution is 6.29. The Morgan fingerprint density at radius 1 is 1.22 bits per heavy atom. The third kappa shape index (κ3) is 4.72. The third-order valence-corrected chi connectivity index (χ3v) is 7.34. The van der Waals surface area contributed by atoms with Gasteiger partial charge in [-0.25, -0.2) is 9.50 Å². The zero-order chi connectivity index (χ0) is 26.5. The number of carbonyl (C=O) groups excluding carboxylic acids is 2. The standard InChI is InChI=1S/C25H26ClF3N6O2/c1-32-14-16(7-10-22(32)36)24(37)33(2)23(25(27,28)29)15-5-8-17(9-6-15)34-11-3-4-18-19(34)13-30-21-12-20(26)31-35(18)21/h5-6,8-9,12-13,16,23H,3-4,7,10-11,14H2,1-2H3/t16-,23-/m0/s1. The first-order valence-electron chi connectivity index (χ1n) is 12.0. The SMILES string of the molecule is CN1C[C@@H](C(=O)N(C)[C@@H](c2ccc(N3CCCc4c3cnc3cc(Cl)nn43)cc2)C(F)(F)F)CCC1=O. The van der Waals surface area contributed by atoms with Gasteiger partial charge in [0.15, 0.2) is 16.8 Å². The molecule has 4 heterocycles. The van der Waals surface area contributed by atoms with E-state index in [4.69, 9.17) is 11.6 Å². The van der Waals surface area contributed by atoms with Gasteiger partial charge in [-0.2, -0.15) is 18.3 Å². The maximum absolute atomic E-state index is 14.2. The second-order valence-corrected chi connectivity index (χ2v) is 9.96. The zero-order valence-electron chi connectivity index (χ0n) is 20.4. The first kappa shape index (κ1) is 25.3. The maximum Gasteiger partial charge on any atom is 0.413 e. The summed E-state index contributed by atoms with van der Waals surface area (Å²) in [5.41, 5.74) is 3.07. The molecular formula is C25H26ClF3N6O2. The Bertz CT molecular complexity index is 1340. The lowest BCUT2D eigenvalue weighted by atomic mass is 9.95. The van der Waals surface area contributed by atoms with Crippen molar-refractivity contribution in [1.29, 1.82) is 0 Å². The minimum Gasteiger partial charge on any atom is -0.345 e. The molecule has 2 atom stereocenters. The van der Waals surface area contributed by atoms with Gasteiger partial charge in [-0.05, 0) is 37.0 Å². The molecule has 2 amide bonds. The number of nitrogens with zero attached hydrogens (tertiary/aromatic N) is 6. The Labute approximate surface area is 216 Å². The molecule has 2 aliphatic heterocycles. The van der Waals surface area contributed by atoms with Crippen molar-refractivity contribution in [2.45, 2.75) is 37.9 Å². The Balaban J connectivity index is 1.42. The van der Waals surface area contributed by atoms with Crippen molar-refractivity contribution in [3.63, 3.8) is 0 Å². The number of benzene rings is 1. The summed E-state index contributed by atoms with van der Waals surface area (Å²) in [6.07, 6.45) is -0.956. The van der Waals surface area contributed by atoms with Crippen LogP contribution in [0.2, 0.25) is 5.15 Å². The summed E-state index contributed by atoms with van der Waals surface area (Å²) in [5.74, 6) is -1.40. The summed E-state index contributed by atoms with van der Waals surface area (Å²) in [5, 5.41) is 4.65. The normalized spacial score (nSPS) is 19.2. The molecule has 1 fully saturated rings. The van der Waals surface area contributed by atoms with Gasteiger partial charge in [-0.1, -0.05) is 23.7 Å². The van der Waals surface area contributed by atoms with Crippen LogP contribution in [0.1, 0.15) is 36.6 Å². The molecule has 0 aliphatic carbocycles. The topological polar surface area (TPSA) is 74.1 Å². The number of aromatic nitrogens is 3. The first-order valence-corrected chi connectivity index (χ1v) is 12.4. The number of piperidine rings is 1. The van der Waals surface area contributed by atoms with Gasteiger partial charge in [0.2, 0.25) is 11.8 Å². The number of likely N-dealkylation sites (tertiary alicyclic amines) is 1. The number of hydrogen-bond acceptors (Lipinski definition) is 5. The van der Waals surface area contributed by atoms with Crippen molar-refractivity contribution in [2.75, 3.05) is 32.1 Å². The van der Waals surface area contributed by atoms with E-state index in [9.17, 15) is 22.8 Å². The number of amides is 2. The van der Waals surface area contributed by atoms with Crippen LogP contribution in [0, 0.1) is 5.92 Å². The van der Waals surface area contributed by atoms with E-state index >= 15 is 0 Å². The summed E-state index contributed by atoms with van der Waals surface area (Å²) >= 11 is 6.05. The number of rotatable bonds is 4. The van der Waals surface area contributed by atoms with Gasteiger partial charge in [0.05, 0.1) is 23.5 Å². The number of carbonyl (C=O) groups is 2.